The van der Waals surface area contributed by atoms with Gasteiger partial charge >= 0.3 is 5.97 Å². The number of rotatable bonds is 5. The van der Waals surface area contributed by atoms with E-state index >= 15 is 0 Å². The number of para-hydroxylation sites is 1. The largest absolute Gasteiger partial charge is 0.467 e. The van der Waals surface area contributed by atoms with Crippen molar-refractivity contribution in [3.8, 4) is 0 Å². The van der Waals surface area contributed by atoms with Crippen LogP contribution in [0.5, 0.6) is 0 Å². The van der Waals surface area contributed by atoms with Crippen LogP contribution in [0.25, 0.3) is 11.0 Å². The lowest BCUT2D eigenvalue weighted by atomic mass is 9.97. The quantitative estimate of drug-likeness (QED) is 0.862. The van der Waals surface area contributed by atoms with Crippen LogP contribution in [-0.2, 0) is 14.3 Å². The fourth-order valence-electron chi connectivity index (χ4n) is 2.23. The summed E-state index contributed by atoms with van der Waals surface area (Å²) in [4.78, 5) is 24.3. The van der Waals surface area contributed by atoms with Crippen LogP contribution in [0.2, 0.25) is 0 Å². The van der Waals surface area contributed by atoms with E-state index in [0.29, 0.717) is 12.2 Å². The van der Waals surface area contributed by atoms with Crippen LogP contribution >= 0.6 is 0 Å². The first kappa shape index (κ1) is 16.1. The van der Waals surface area contributed by atoms with E-state index in [1.807, 2.05) is 37.3 Å². The zero-order valence-electron chi connectivity index (χ0n) is 13.3. The standard InChI is InChI=1S/C17H21NO4/c1-5-17(3,16(20)21-4)18-15(19)11(2)14-10-12-8-6-7-9-13(12)22-14/h6-11H,5H2,1-4H3,(H,18,19)/t11-,17+/m0/s1. The Kier molecular flexibility index (Phi) is 4.54. The summed E-state index contributed by atoms with van der Waals surface area (Å²) in [6.45, 7) is 5.23. The summed E-state index contributed by atoms with van der Waals surface area (Å²) >= 11 is 0. The van der Waals surface area contributed by atoms with E-state index < -0.39 is 17.4 Å². The van der Waals surface area contributed by atoms with Crippen LogP contribution in [0.3, 0.4) is 0 Å². The monoisotopic (exact) mass is 303 g/mol. The Morgan fingerprint density at radius 1 is 1.36 bits per heavy atom. The number of nitrogens with one attached hydrogen (secondary N) is 1. The summed E-state index contributed by atoms with van der Waals surface area (Å²) in [6, 6.07) is 9.43. The molecule has 0 aliphatic heterocycles. The lowest BCUT2D eigenvalue weighted by Gasteiger charge is -2.27. The van der Waals surface area contributed by atoms with Crippen molar-refractivity contribution in [2.45, 2.75) is 38.6 Å². The zero-order valence-corrected chi connectivity index (χ0v) is 13.3. The van der Waals surface area contributed by atoms with Gasteiger partial charge in [0.25, 0.3) is 0 Å². The number of ether oxygens (including phenoxy) is 1. The molecule has 2 aromatic rings. The molecule has 2 rings (SSSR count). The van der Waals surface area contributed by atoms with Gasteiger partial charge in [0.1, 0.15) is 16.9 Å². The molecule has 1 aromatic carbocycles. The van der Waals surface area contributed by atoms with Crippen molar-refractivity contribution < 1.29 is 18.7 Å². The molecule has 1 amide bonds. The third-order valence-electron chi connectivity index (χ3n) is 4.01. The van der Waals surface area contributed by atoms with E-state index in [9.17, 15) is 9.59 Å². The van der Waals surface area contributed by atoms with E-state index in [1.165, 1.54) is 7.11 Å². The number of carbonyl (C=O) groups is 2. The van der Waals surface area contributed by atoms with Crippen LogP contribution in [0.15, 0.2) is 34.7 Å². The number of amides is 1. The van der Waals surface area contributed by atoms with Crippen LogP contribution < -0.4 is 5.32 Å². The lowest BCUT2D eigenvalue weighted by molar-refractivity contribution is -0.150. The third kappa shape index (κ3) is 2.98. The number of benzene rings is 1. The summed E-state index contributed by atoms with van der Waals surface area (Å²) in [6.07, 6.45) is 0.443. The van der Waals surface area contributed by atoms with Gasteiger partial charge in [-0.25, -0.2) is 4.79 Å². The average Bonchev–Trinajstić information content (AvgIpc) is 2.96. The van der Waals surface area contributed by atoms with Gasteiger partial charge in [0, 0.05) is 5.39 Å². The minimum Gasteiger partial charge on any atom is -0.467 e. The molecular formula is C17H21NO4. The van der Waals surface area contributed by atoms with Crippen molar-refractivity contribution in [3.05, 3.63) is 36.1 Å². The van der Waals surface area contributed by atoms with Crippen LogP contribution in [0, 0.1) is 0 Å². The number of esters is 1. The predicted octanol–water partition coefficient (Wildman–Crippen LogP) is 2.99. The molecule has 1 heterocycles. The van der Waals surface area contributed by atoms with Gasteiger partial charge in [-0.05, 0) is 32.4 Å². The third-order valence-corrected chi connectivity index (χ3v) is 4.01. The maximum Gasteiger partial charge on any atom is 0.331 e. The first-order chi connectivity index (χ1) is 10.4. The second-order valence-electron chi connectivity index (χ2n) is 5.57. The fourth-order valence-corrected chi connectivity index (χ4v) is 2.23. The Balaban J connectivity index is 2.19. The van der Waals surface area contributed by atoms with E-state index in [2.05, 4.69) is 5.32 Å². The molecule has 1 aromatic heterocycles. The zero-order chi connectivity index (χ0) is 16.3. The second-order valence-corrected chi connectivity index (χ2v) is 5.57. The minimum absolute atomic E-state index is 0.270. The summed E-state index contributed by atoms with van der Waals surface area (Å²) in [5.41, 5.74) is -0.296. The summed E-state index contributed by atoms with van der Waals surface area (Å²) < 4.78 is 10.5. The average molecular weight is 303 g/mol. The van der Waals surface area contributed by atoms with Crippen LogP contribution in [-0.4, -0.2) is 24.5 Å². The van der Waals surface area contributed by atoms with E-state index in [-0.39, 0.29) is 5.91 Å². The Morgan fingerprint density at radius 2 is 2.05 bits per heavy atom. The maximum absolute atomic E-state index is 12.4. The van der Waals surface area contributed by atoms with Crippen molar-refractivity contribution in [3.63, 3.8) is 0 Å². The van der Waals surface area contributed by atoms with Gasteiger partial charge in [-0.15, -0.1) is 0 Å². The van der Waals surface area contributed by atoms with Crippen molar-refractivity contribution in [2.75, 3.05) is 7.11 Å². The Morgan fingerprint density at radius 3 is 2.64 bits per heavy atom. The smallest absolute Gasteiger partial charge is 0.331 e. The summed E-state index contributed by atoms with van der Waals surface area (Å²) in [7, 11) is 1.31. The van der Waals surface area contributed by atoms with Gasteiger partial charge in [-0.3, -0.25) is 4.79 Å². The van der Waals surface area contributed by atoms with Gasteiger partial charge in [0.05, 0.1) is 13.0 Å². The number of hydrogen-bond acceptors (Lipinski definition) is 4. The summed E-state index contributed by atoms with van der Waals surface area (Å²) in [5, 5.41) is 3.71. The van der Waals surface area contributed by atoms with Crippen molar-refractivity contribution >= 4 is 22.8 Å². The predicted molar refractivity (Wildman–Crippen MR) is 83.5 cm³/mol. The van der Waals surface area contributed by atoms with E-state index in [1.54, 1.807) is 13.8 Å². The van der Waals surface area contributed by atoms with Crippen molar-refractivity contribution in [1.29, 1.82) is 0 Å². The van der Waals surface area contributed by atoms with Crippen molar-refractivity contribution in [1.82, 2.24) is 5.32 Å². The molecule has 1 N–H and O–H groups in total. The molecule has 0 fully saturated rings. The molecule has 0 aliphatic rings. The van der Waals surface area contributed by atoms with Gasteiger partial charge < -0.3 is 14.5 Å². The SMILES string of the molecule is CC[C@@](C)(NC(=O)[C@@H](C)c1cc2ccccc2o1)C(=O)OC. The molecule has 0 saturated heterocycles. The number of carbonyl (C=O) groups excluding carboxylic acids is 2. The molecule has 5 nitrogen and oxygen atoms in total. The summed E-state index contributed by atoms with van der Waals surface area (Å²) in [5.74, 6) is -0.654. The molecule has 118 valence electrons. The highest BCUT2D eigenvalue weighted by Crippen LogP contribution is 2.26. The van der Waals surface area contributed by atoms with Crippen LogP contribution in [0.4, 0.5) is 0 Å². The highest BCUT2D eigenvalue weighted by Gasteiger charge is 2.36. The Hall–Kier alpha value is -2.30. The fraction of sp³-hybridized carbons (Fsp3) is 0.412. The molecule has 0 radical (unpaired) electrons. The van der Waals surface area contributed by atoms with Gasteiger partial charge in [-0.1, -0.05) is 25.1 Å². The van der Waals surface area contributed by atoms with Gasteiger partial charge in [0.2, 0.25) is 5.91 Å². The topological polar surface area (TPSA) is 68.5 Å². The Bertz CT molecular complexity index is 658. The first-order valence-electron chi connectivity index (χ1n) is 7.30. The second kappa shape index (κ2) is 6.22. The van der Waals surface area contributed by atoms with Gasteiger partial charge in [-0.2, -0.15) is 0 Å². The van der Waals surface area contributed by atoms with Gasteiger partial charge in [0.15, 0.2) is 0 Å². The number of fused-ring (bicyclic) bond motifs is 1. The lowest BCUT2D eigenvalue weighted by Crippen LogP contribution is -2.53. The normalized spacial score (nSPS) is 15.1. The molecule has 0 saturated carbocycles. The van der Waals surface area contributed by atoms with E-state index in [0.717, 1.165) is 11.0 Å². The number of hydrogen-bond donors (Lipinski definition) is 1. The molecule has 0 unspecified atom stereocenters. The molecule has 0 aliphatic carbocycles. The Labute approximate surface area is 129 Å². The molecule has 2 atom stereocenters. The molecule has 0 bridgehead atoms. The number of methoxy groups -OCH3 is 1. The number of furan rings is 1. The molecule has 22 heavy (non-hydrogen) atoms. The first-order valence-corrected chi connectivity index (χ1v) is 7.30. The highest BCUT2D eigenvalue weighted by molar-refractivity contribution is 5.91. The minimum atomic E-state index is -1.04. The highest BCUT2D eigenvalue weighted by atomic mass is 16.5. The maximum atomic E-state index is 12.4. The van der Waals surface area contributed by atoms with Crippen LogP contribution in [0.1, 0.15) is 38.9 Å². The molecule has 5 heteroatoms. The van der Waals surface area contributed by atoms with Crippen molar-refractivity contribution in [2.24, 2.45) is 0 Å². The van der Waals surface area contributed by atoms with E-state index in [4.69, 9.17) is 9.15 Å². The molecular weight excluding hydrogens is 282 g/mol. The molecule has 0 spiro atoms.